The number of halogens is 1. The van der Waals surface area contributed by atoms with Crippen LogP contribution < -0.4 is 8.37 Å². The van der Waals surface area contributed by atoms with Crippen LogP contribution in [0.1, 0.15) is 0 Å². The molecule has 0 saturated heterocycles. The molecular formula is C12H7FO4S. The molecule has 2 aromatic carbocycles. The summed E-state index contributed by atoms with van der Waals surface area (Å²) >= 11 is 0. The van der Waals surface area contributed by atoms with Crippen molar-refractivity contribution in [3.8, 4) is 22.6 Å². The first-order valence-corrected chi connectivity index (χ1v) is 6.42. The van der Waals surface area contributed by atoms with Crippen molar-refractivity contribution in [1.82, 2.24) is 0 Å². The van der Waals surface area contributed by atoms with Crippen molar-refractivity contribution in [3.63, 3.8) is 0 Å². The first kappa shape index (κ1) is 11.0. The Kier molecular flexibility index (Phi) is 2.27. The highest BCUT2D eigenvalue weighted by Gasteiger charge is 2.32. The van der Waals surface area contributed by atoms with Crippen LogP contribution in [0.2, 0.25) is 0 Å². The summed E-state index contributed by atoms with van der Waals surface area (Å²) < 4.78 is 45.2. The summed E-state index contributed by atoms with van der Waals surface area (Å²) in [5.41, 5.74) is 0.890. The van der Waals surface area contributed by atoms with Gasteiger partial charge in [-0.1, -0.05) is 30.3 Å². The molecule has 0 aliphatic carbocycles. The van der Waals surface area contributed by atoms with Crippen LogP contribution in [0.15, 0.2) is 42.5 Å². The molecule has 92 valence electrons. The molecule has 18 heavy (non-hydrogen) atoms. The number of fused-ring (bicyclic) bond motifs is 1. The van der Waals surface area contributed by atoms with E-state index in [0.717, 1.165) is 0 Å². The Morgan fingerprint density at radius 3 is 2.39 bits per heavy atom. The molecule has 2 aromatic rings. The fourth-order valence-electron chi connectivity index (χ4n) is 1.75. The van der Waals surface area contributed by atoms with E-state index in [-0.39, 0.29) is 11.3 Å². The molecule has 6 heteroatoms. The number of hydrogen-bond acceptors (Lipinski definition) is 4. The molecule has 0 bridgehead atoms. The lowest BCUT2D eigenvalue weighted by Crippen LogP contribution is -2.08. The Morgan fingerprint density at radius 1 is 0.944 bits per heavy atom. The Bertz CT molecular complexity index is 710. The third-order valence-electron chi connectivity index (χ3n) is 2.52. The lowest BCUT2D eigenvalue weighted by atomic mass is 10.0. The van der Waals surface area contributed by atoms with Crippen LogP contribution in [0.4, 0.5) is 4.39 Å². The average Bonchev–Trinajstić information content (AvgIpc) is 2.66. The summed E-state index contributed by atoms with van der Waals surface area (Å²) in [5.74, 6) is -1.27. The highest BCUT2D eigenvalue weighted by molar-refractivity contribution is 7.82. The van der Waals surface area contributed by atoms with E-state index in [2.05, 4.69) is 8.37 Å². The molecule has 0 unspecified atom stereocenters. The number of rotatable bonds is 1. The minimum atomic E-state index is -4.17. The monoisotopic (exact) mass is 266 g/mol. The van der Waals surface area contributed by atoms with Gasteiger partial charge in [-0.15, -0.1) is 8.42 Å². The van der Waals surface area contributed by atoms with Gasteiger partial charge in [0.2, 0.25) is 5.75 Å². The molecule has 3 rings (SSSR count). The molecule has 1 aliphatic heterocycles. The van der Waals surface area contributed by atoms with Gasteiger partial charge in [-0.25, -0.2) is 4.39 Å². The Hall–Kier alpha value is -2.08. The molecule has 0 amide bonds. The maximum absolute atomic E-state index is 14.1. The third-order valence-corrected chi connectivity index (χ3v) is 3.28. The summed E-state index contributed by atoms with van der Waals surface area (Å²) in [6.07, 6.45) is 0. The van der Waals surface area contributed by atoms with Crippen molar-refractivity contribution in [2.24, 2.45) is 0 Å². The summed E-state index contributed by atoms with van der Waals surface area (Å²) in [4.78, 5) is 0. The van der Waals surface area contributed by atoms with Gasteiger partial charge in [0, 0.05) is 5.56 Å². The van der Waals surface area contributed by atoms with Crippen LogP contribution in [-0.2, 0) is 10.4 Å². The Morgan fingerprint density at radius 2 is 1.67 bits per heavy atom. The molecule has 0 N–H and O–H groups in total. The van der Waals surface area contributed by atoms with Crippen LogP contribution in [0.25, 0.3) is 11.1 Å². The quantitative estimate of drug-likeness (QED) is 0.795. The molecule has 0 fully saturated rings. The van der Waals surface area contributed by atoms with Gasteiger partial charge >= 0.3 is 10.4 Å². The zero-order chi connectivity index (χ0) is 12.8. The molecule has 0 spiro atoms. The number of hydrogen-bond donors (Lipinski definition) is 0. The molecule has 0 atom stereocenters. The highest BCUT2D eigenvalue weighted by Crippen LogP contribution is 2.41. The summed E-state index contributed by atoms with van der Waals surface area (Å²) in [6, 6.07) is 11.6. The molecule has 0 radical (unpaired) electrons. The molecule has 4 nitrogen and oxygen atoms in total. The normalized spacial score (nSPS) is 15.6. The molecule has 1 aliphatic rings. The number of benzene rings is 2. The van der Waals surface area contributed by atoms with E-state index in [1.54, 1.807) is 30.3 Å². The van der Waals surface area contributed by atoms with E-state index in [0.29, 0.717) is 5.56 Å². The summed E-state index contributed by atoms with van der Waals surface area (Å²) in [7, 11) is -4.17. The minimum absolute atomic E-state index is 0.132. The van der Waals surface area contributed by atoms with Crippen LogP contribution in [0.5, 0.6) is 11.5 Å². The van der Waals surface area contributed by atoms with Crippen molar-refractivity contribution < 1.29 is 21.2 Å². The zero-order valence-electron chi connectivity index (χ0n) is 8.96. The van der Waals surface area contributed by atoms with Gasteiger partial charge in [0.1, 0.15) is 0 Å². The molecule has 1 heterocycles. The molecular weight excluding hydrogens is 259 g/mol. The summed E-state index contributed by atoms with van der Waals surface area (Å²) in [6.45, 7) is 0. The second-order valence-corrected chi connectivity index (χ2v) is 4.85. The SMILES string of the molecule is O=S1(=O)Oc2ccc(-c3ccccc3)c(F)c2O1. The lowest BCUT2D eigenvalue weighted by Gasteiger charge is -2.04. The van der Waals surface area contributed by atoms with Crippen molar-refractivity contribution >= 4 is 10.4 Å². The summed E-state index contributed by atoms with van der Waals surface area (Å²) in [5, 5.41) is 0. The zero-order valence-corrected chi connectivity index (χ0v) is 9.78. The predicted octanol–water partition coefficient (Wildman–Crippen LogP) is 2.51. The van der Waals surface area contributed by atoms with Crippen LogP contribution in [0, 0.1) is 5.82 Å². The highest BCUT2D eigenvalue weighted by atomic mass is 32.3. The minimum Gasteiger partial charge on any atom is -0.349 e. The van der Waals surface area contributed by atoms with Gasteiger partial charge < -0.3 is 8.37 Å². The van der Waals surface area contributed by atoms with E-state index in [1.165, 1.54) is 12.1 Å². The first-order chi connectivity index (χ1) is 8.57. The van der Waals surface area contributed by atoms with Gasteiger partial charge in [0.05, 0.1) is 0 Å². The fraction of sp³-hybridized carbons (Fsp3) is 0. The fourth-order valence-corrected chi connectivity index (χ4v) is 2.50. The van der Waals surface area contributed by atoms with Crippen molar-refractivity contribution in [1.29, 1.82) is 0 Å². The second kappa shape index (κ2) is 3.71. The maximum Gasteiger partial charge on any atom is 0.501 e. The van der Waals surface area contributed by atoms with Gasteiger partial charge in [-0.3, -0.25) is 0 Å². The maximum atomic E-state index is 14.1. The van der Waals surface area contributed by atoms with Crippen molar-refractivity contribution in [2.45, 2.75) is 0 Å². The van der Waals surface area contributed by atoms with Crippen LogP contribution in [-0.4, -0.2) is 8.42 Å². The van der Waals surface area contributed by atoms with E-state index >= 15 is 0 Å². The first-order valence-electron chi connectivity index (χ1n) is 5.09. The van der Waals surface area contributed by atoms with E-state index in [9.17, 15) is 12.8 Å². The van der Waals surface area contributed by atoms with E-state index in [4.69, 9.17) is 0 Å². The standard InChI is InChI=1S/C12H7FO4S/c13-11-9(8-4-2-1-3-5-8)6-7-10-12(11)17-18(14,15)16-10/h1-7H. The van der Waals surface area contributed by atoms with E-state index in [1.807, 2.05) is 0 Å². The van der Waals surface area contributed by atoms with Crippen LogP contribution in [0.3, 0.4) is 0 Å². The van der Waals surface area contributed by atoms with Gasteiger partial charge in [0.25, 0.3) is 0 Å². The van der Waals surface area contributed by atoms with Gasteiger partial charge in [-0.05, 0) is 17.7 Å². The predicted molar refractivity (Wildman–Crippen MR) is 62.0 cm³/mol. The average molecular weight is 266 g/mol. The van der Waals surface area contributed by atoms with Crippen molar-refractivity contribution in [3.05, 3.63) is 48.3 Å². The van der Waals surface area contributed by atoms with Gasteiger partial charge in [0.15, 0.2) is 11.6 Å². The second-order valence-electron chi connectivity index (χ2n) is 3.70. The Balaban J connectivity index is 2.17. The molecule has 0 saturated carbocycles. The topological polar surface area (TPSA) is 52.6 Å². The van der Waals surface area contributed by atoms with Crippen molar-refractivity contribution in [2.75, 3.05) is 0 Å². The van der Waals surface area contributed by atoms with Gasteiger partial charge in [-0.2, -0.15) is 0 Å². The largest absolute Gasteiger partial charge is 0.501 e. The molecule has 0 aromatic heterocycles. The smallest absolute Gasteiger partial charge is 0.349 e. The third kappa shape index (κ3) is 1.70. The Labute approximate surface area is 103 Å². The van der Waals surface area contributed by atoms with Crippen LogP contribution >= 0.6 is 0 Å². The lowest BCUT2D eigenvalue weighted by molar-refractivity contribution is 0.430. The van der Waals surface area contributed by atoms with E-state index < -0.39 is 22.0 Å².